The van der Waals surface area contributed by atoms with Crippen molar-refractivity contribution in [3.8, 4) is 0 Å². The Morgan fingerprint density at radius 1 is 1.06 bits per heavy atom. The van der Waals surface area contributed by atoms with E-state index in [1.165, 1.54) is 44.9 Å². The van der Waals surface area contributed by atoms with E-state index in [2.05, 4.69) is 20.8 Å². The highest BCUT2D eigenvalue weighted by Crippen LogP contribution is 2.47. The smallest absolute Gasteiger partial charge is 0.0678 e. The molecule has 106 valence electrons. The molecule has 2 unspecified atom stereocenters. The third kappa shape index (κ3) is 2.92. The fourth-order valence-electron chi connectivity index (χ4n) is 4.58. The highest BCUT2D eigenvalue weighted by atomic mass is 16.3. The monoisotopic (exact) mass is 252 g/mol. The molecule has 0 aromatic carbocycles. The Kier molecular flexibility index (Phi) is 4.75. The zero-order valence-corrected chi connectivity index (χ0v) is 12.6. The molecule has 0 bridgehead atoms. The van der Waals surface area contributed by atoms with Gasteiger partial charge in [-0.05, 0) is 55.8 Å². The van der Waals surface area contributed by atoms with Crippen molar-refractivity contribution >= 4 is 0 Å². The quantitative estimate of drug-likeness (QED) is 0.766. The summed E-state index contributed by atoms with van der Waals surface area (Å²) in [5.74, 6) is 3.04. The molecule has 2 aliphatic carbocycles. The molecule has 0 heterocycles. The van der Waals surface area contributed by atoms with Crippen LogP contribution < -0.4 is 0 Å². The molecule has 2 saturated carbocycles. The highest BCUT2D eigenvalue weighted by molar-refractivity contribution is 4.95. The molecule has 2 atom stereocenters. The fourth-order valence-corrected chi connectivity index (χ4v) is 4.58. The van der Waals surface area contributed by atoms with Crippen LogP contribution in [0.5, 0.6) is 0 Å². The lowest BCUT2D eigenvalue weighted by atomic mass is 9.62. The van der Waals surface area contributed by atoms with Crippen molar-refractivity contribution in [3.05, 3.63) is 0 Å². The number of hydrogen-bond acceptors (Lipinski definition) is 1. The summed E-state index contributed by atoms with van der Waals surface area (Å²) in [5, 5.41) is 11.1. The zero-order chi connectivity index (χ0) is 13.2. The summed E-state index contributed by atoms with van der Waals surface area (Å²) >= 11 is 0. The summed E-state index contributed by atoms with van der Waals surface area (Å²) < 4.78 is 0. The van der Waals surface area contributed by atoms with E-state index in [0.717, 1.165) is 30.6 Å². The first-order chi connectivity index (χ1) is 8.57. The molecule has 2 fully saturated rings. The molecule has 2 rings (SSSR count). The van der Waals surface area contributed by atoms with Gasteiger partial charge in [-0.25, -0.2) is 0 Å². The summed E-state index contributed by atoms with van der Waals surface area (Å²) in [6.45, 7) is 6.99. The van der Waals surface area contributed by atoms with E-state index in [9.17, 15) is 5.11 Å². The number of aliphatic hydroxyl groups is 1. The number of rotatable bonds is 3. The normalized spacial score (nSPS) is 42.2. The van der Waals surface area contributed by atoms with E-state index in [4.69, 9.17) is 0 Å². The van der Waals surface area contributed by atoms with Crippen LogP contribution in [-0.4, -0.2) is 10.7 Å². The van der Waals surface area contributed by atoms with E-state index >= 15 is 0 Å². The van der Waals surface area contributed by atoms with Crippen LogP contribution in [-0.2, 0) is 0 Å². The van der Waals surface area contributed by atoms with Crippen LogP contribution in [0.15, 0.2) is 0 Å². The molecule has 0 aromatic heterocycles. The van der Waals surface area contributed by atoms with Crippen LogP contribution >= 0.6 is 0 Å². The molecule has 18 heavy (non-hydrogen) atoms. The zero-order valence-electron chi connectivity index (χ0n) is 12.6. The molecule has 1 N–H and O–H groups in total. The molecule has 0 amide bonds. The van der Waals surface area contributed by atoms with Gasteiger partial charge in [0.05, 0.1) is 5.60 Å². The van der Waals surface area contributed by atoms with E-state index < -0.39 is 0 Å². The van der Waals surface area contributed by atoms with Crippen molar-refractivity contribution < 1.29 is 5.11 Å². The Morgan fingerprint density at radius 2 is 1.67 bits per heavy atom. The van der Waals surface area contributed by atoms with Crippen molar-refractivity contribution in [2.75, 3.05) is 0 Å². The van der Waals surface area contributed by atoms with Gasteiger partial charge in [0.1, 0.15) is 0 Å². The minimum Gasteiger partial charge on any atom is -0.390 e. The van der Waals surface area contributed by atoms with E-state index in [1.807, 2.05) is 0 Å². The molecule has 0 spiro atoms. The largest absolute Gasteiger partial charge is 0.390 e. The molecular formula is C17H32O. The molecule has 1 heteroatoms. The topological polar surface area (TPSA) is 20.2 Å². The van der Waals surface area contributed by atoms with Gasteiger partial charge in [-0.15, -0.1) is 0 Å². The molecule has 0 radical (unpaired) electrons. The SMILES string of the molecule is CCC1CCCCC1C1(O)CCC(C(C)C)CC1. The van der Waals surface area contributed by atoms with Crippen molar-refractivity contribution in [2.24, 2.45) is 23.7 Å². The molecule has 0 saturated heterocycles. The van der Waals surface area contributed by atoms with Gasteiger partial charge in [0, 0.05) is 0 Å². The van der Waals surface area contributed by atoms with Gasteiger partial charge in [0.2, 0.25) is 0 Å². The maximum atomic E-state index is 11.1. The summed E-state index contributed by atoms with van der Waals surface area (Å²) in [7, 11) is 0. The van der Waals surface area contributed by atoms with Gasteiger partial charge in [-0.3, -0.25) is 0 Å². The van der Waals surface area contributed by atoms with Crippen LogP contribution in [0.3, 0.4) is 0 Å². The minimum atomic E-state index is -0.313. The molecule has 0 aliphatic heterocycles. The van der Waals surface area contributed by atoms with Gasteiger partial charge >= 0.3 is 0 Å². The van der Waals surface area contributed by atoms with Gasteiger partial charge in [0.15, 0.2) is 0 Å². The maximum absolute atomic E-state index is 11.1. The fraction of sp³-hybridized carbons (Fsp3) is 1.00. The molecule has 0 aromatic rings. The summed E-state index contributed by atoms with van der Waals surface area (Å²) in [5.41, 5.74) is -0.313. The molecule has 2 aliphatic rings. The van der Waals surface area contributed by atoms with Gasteiger partial charge in [0.25, 0.3) is 0 Å². The first-order valence-electron chi connectivity index (χ1n) is 8.29. The Labute approximate surface area is 113 Å². The van der Waals surface area contributed by atoms with E-state index in [0.29, 0.717) is 5.92 Å². The van der Waals surface area contributed by atoms with E-state index in [-0.39, 0.29) is 5.60 Å². The van der Waals surface area contributed by atoms with Crippen molar-refractivity contribution in [2.45, 2.75) is 84.2 Å². The van der Waals surface area contributed by atoms with Crippen LogP contribution in [0.1, 0.15) is 78.6 Å². The lowest BCUT2D eigenvalue weighted by molar-refractivity contribution is -0.0938. The summed E-state index contributed by atoms with van der Waals surface area (Å²) in [6.07, 6.45) is 11.3. The summed E-state index contributed by atoms with van der Waals surface area (Å²) in [4.78, 5) is 0. The van der Waals surface area contributed by atoms with Crippen molar-refractivity contribution in [1.82, 2.24) is 0 Å². The third-order valence-corrected chi connectivity index (χ3v) is 5.96. The van der Waals surface area contributed by atoms with Crippen molar-refractivity contribution in [3.63, 3.8) is 0 Å². The van der Waals surface area contributed by atoms with Gasteiger partial charge < -0.3 is 5.11 Å². The van der Waals surface area contributed by atoms with Crippen LogP contribution in [0.2, 0.25) is 0 Å². The predicted octanol–water partition coefficient (Wildman–Crippen LogP) is 4.78. The van der Waals surface area contributed by atoms with Gasteiger partial charge in [-0.1, -0.05) is 46.5 Å². The lowest BCUT2D eigenvalue weighted by Crippen LogP contribution is -2.46. The Hall–Kier alpha value is -0.0400. The third-order valence-electron chi connectivity index (χ3n) is 5.96. The molecule has 1 nitrogen and oxygen atoms in total. The second-order valence-corrected chi connectivity index (χ2v) is 7.24. The van der Waals surface area contributed by atoms with E-state index in [1.54, 1.807) is 0 Å². The van der Waals surface area contributed by atoms with Gasteiger partial charge in [-0.2, -0.15) is 0 Å². The second kappa shape index (κ2) is 5.94. The molecular weight excluding hydrogens is 220 g/mol. The van der Waals surface area contributed by atoms with Crippen LogP contribution in [0, 0.1) is 23.7 Å². The lowest BCUT2D eigenvalue weighted by Gasteiger charge is -2.47. The first-order valence-corrected chi connectivity index (χ1v) is 8.29. The standard InChI is InChI=1S/C17H32O/c1-4-14-7-5-6-8-16(14)17(18)11-9-15(10-12-17)13(2)3/h13-16,18H,4-12H2,1-3H3. The second-order valence-electron chi connectivity index (χ2n) is 7.24. The summed E-state index contributed by atoms with van der Waals surface area (Å²) in [6, 6.07) is 0. The maximum Gasteiger partial charge on any atom is 0.0678 e. The first kappa shape index (κ1) is 14.4. The highest BCUT2D eigenvalue weighted by Gasteiger charge is 2.44. The Morgan fingerprint density at radius 3 is 2.22 bits per heavy atom. The van der Waals surface area contributed by atoms with Crippen LogP contribution in [0.4, 0.5) is 0 Å². The average molecular weight is 252 g/mol. The predicted molar refractivity (Wildman–Crippen MR) is 77.5 cm³/mol. The minimum absolute atomic E-state index is 0.313. The van der Waals surface area contributed by atoms with Crippen LogP contribution in [0.25, 0.3) is 0 Å². The van der Waals surface area contributed by atoms with Crippen molar-refractivity contribution in [1.29, 1.82) is 0 Å². The average Bonchev–Trinajstić information content (AvgIpc) is 2.39. The Bertz CT molecular complexity index is 250. The Balaban J connectivity index is 1.98. The number of hydrogen-bond donors (Lipinski definition) is 1.